The van der Waals surface area contributed by atoms with Crippen molar-refractivity contribution in [3.8, 4) is 5.75 Å². The highest BCUT2D eigenvalue weighted by Crippen LogP contribution is 2.13. The minimum absolute atomic E-state index is 0.0271. The third kappa shape index (κ3) is 6.98. The Hall–Kier alpha value is -1.77. The summed E-state index contributed by atoms with van der Waals surface area (Å²) in [5.41, 5.74) is 0.990. The SMILES string of the molecule is CCCC[C@@H](CC)CNC(=O)/C=C/c1ccc(OC)cc1. The number of carbonyl (C=O) groups is 1. The van der Waals surface area contributed by atoms with Crippen LogP contribution in [0.25, 0.3) is 6.08 Å². The van der Waals surface area contributed by atoms with Gasteiger partial charge in [0, 0.05) is 12.6 Å². The smallest absolute Gasteiger partial charge is 0.244 e. The molecule has 1 amide bonds. The predicted molar refractivity (Wildman–Crippen MR) is 88.3 cm³/mol. The molecular formula is C18H27NO2. The normalized spacial score (nSPS) is 12.3. The number of benzene rings is 1. The predicted octanol–water partition coefficient (Wildman–Crippen LogP) is 4.04. The molecule has 0 saturated heterocycles. The number of rotatable bonds is 9. The number of ether oxygens (including phenoxy) is 1. The summed E-state index contributed by atoms with van der Waals surface area (Å²) in [5.74, 6) is 1.38. The maximum Gasteiger partial charge on any atom is 0.244 e. The first-order valence-electron chi connectivity index (χ1n) is 7.79. The molecule has 0 unspecified atom stereocenters. The van der Waals surface area contributed by atoms with Crippen molar-refractivity contribution < 1.29 is 9.53 Å². The minimum Gasteiger partial charge on any atom is -0.497 e. The van der Waals surface area contributed by atoms with E-state index in [9.17, 15) is 4.79 Å². The fourth-order valence-corrected chi connectivity index (χ4v) is 2.13. The van der Waals surface area contributed by atoms with Crippen LogP contribution in [0.3, 0.4) is 0 Å². The Bertz CT molecular complexity index is 437. The van der Waals surface area contributed by atoms with Gasteiger partial charge in [-0.15, -0.1) is 0 Å². The van der Waals surface area contributed by atoms with Gasteiger partial charge in [0.1, 0.15) is 5.75 Å². The van der Waals surface area contributed by atoms with E-state index in [1.165, 1.54) is 19.3 Å². The van der Waals surface area contributed by atoms with E-state index in [1.54, 1.807) is 13.2 Å². The van der Waals surface area contributed by atoms with Gasteiger partial charge in [-0.2, -0.15) is 0 Å². The zero-order valence-electron chi connectivity index (χ0n) is 13.4. The summed E-state index contributed by atoms with van der Waals surface area (Å²) in [6, 6.07) is 7.63. The Kier molecular flexibility index (Phi) is 8.25. The van der Waals surface area contributed by atoms with Crippen molar-refractivity contribution >= 4 is 12.0 Å². The highest BCUT2D eigenvalue weighted by atomic mass is 16.5. The van der Waals surface area contributed by atoms with E-state index in [0.29, 0.717) is 5.92 Å². The lowest BCUT2D eigenvalue weighted by Gasteiger charge is -2.14. The number of methoxy groups -OCH3 is 1. The minimum atomic E-state index is -0.0271. The molecule has 1 atom stereocenters. The standard InChI is InChI=1S/C18H27NO2/c1-4-6-7-15(5-2)14-19-18(20)13-10-16-8-11-17(21-3)12-9-16/h8-13,15H,4-7,14H2,1-3H3,(H,19,20)/b13-10+/t15-/m1/s1. The molecule has 1 aromatic rings. The molecule has 0 aliphatic heterocycles. The average molecular weight is 289 g/mol. The van der Waals surface area contributed by atoms with Crippen molar-refractivity contribution in [3.05, 3.63) is 35.9 Å². The van der Waals surface area contributed by atoms with E-state index in [-0.39, 0.29) is 5.91 Å². The zero-order valence-corrected chi connectivity index (χ0v) is 13.4. The number of hydrogen-bond donors (Lipinski definition) is 1. The summed E-state index contributed by atoms with van der Waals surface area (Å²) < 4.78 is 5.10. The van der Waals surface area contributed by atoms with Gasteiger partial charge in [0.2, 0.25) is 5.91 Å². The first-order valence-corrected chi connectivity index (χ1v) is 7.79. The van der Waals surface area contributed by atoms with E-state index in [0.717, 1.165) is 24.3 Å². The lowest BCUT2D eigenvalue weighted by molar-refractivity contribution is -0.116. The molecular weight excluding hydrogens is 262 g/mol. The van der Waals surface area contributed by atoms with Crippen LogP contribution in [0, 0.1) is 5.92 Å². The lowest BCUT2D eigenvalue weighted by Crippen LogP contribution is -2.27. The first-order chi connectivity index (χ1) is 10.2. The molecule has 0 spiro atoms. The van der Waals surface area contributed by atoms with Crippen LogP contribution in [-0.2, 0) is 4.79 Å². The van der Waals surface area contributed by atoms with Gasteiger partial charge in [0.15, 0.2) is 0 Å². The molecule has 1 N–H and O–H groups in total. The Labute approximate surface area is 128 Å². The number of unbranched alkanes of at least 4 members (excludes halogenated alkanes) is 1. The van der Waals surface area contributed by atoms with Gasteiger partial charge in [-0.25, -0.2) is 0 Å². The number of hydrogen-bond acceptors (Lipinski definition) is 2. The fourth-order valence-electron chi connectivity index (χ4n) is 2.13. The van der Waals surface area contributed by atoms with Crippen LogP contribution in [0.5, 0.6) is 5.75 Å². The van der Waals surface area contributed by atoms with Crippen molar-refractivity contribution in [1.82, 2.24) is 5.32 Å². The van der Waals surface area contributed by atoms with Gasteiger partial charge in [-0.3, -0.25) is 4.79 Å². The van der Waals surface area contributed by atoms with Crippen LogP contribution in [0.15, 0.2) is 30.3 Å². The largest absolute Gasteiger partial charge is 0.497 e. The fraction of sp³-hybridized carbons (Fsp3) is 0.500. The van der Waals surface area contributed by atoms with E-state index >= 15 is 0 Å². The highest BCUT2D eigenvalue weighted by molar-refractivity contribution is 5.91. The number of nitrogens with one attached hydrogen (secondary N) is 1. The van der Waals surface area contributed by atoms with Crippen molar-refractivity contribution in [2.45, 2.75) is 39.5 Å². The Morgan fingerprint density at radius 2 is 2.00 bits per heavy atom. The van der Waals surface area contributed by atoms with Crippen molar-refractivity contribution in [1.29, 1.82) is 0 Å². The van der Waals surface area contributed by atoms with E-state index < -0.39 is 0 Å². The quantitative estimate of drug-likeness (QED) is 0.697. The molecule has 1 aromatic carbocycles. The molecule has 0 aliphatic carbocycles. The molecule has 0 saturated carbocycles. The molecule has 21 heavy (non-hydrogen) atoms. The molecule has 0 fully saturated rings. The summed E-state index contributed by atoms with van der Waals surface area (Å²) in [7, 11) is 1.64. The third-order valence-electron chi connectivity index (χ3n) is 3.65. The van der Waals surface area contributed by atoms with Crippen LogP contribution in [0.1, 0.15) is 45.1 Å². The van der Waals surface area contributed by atoms with Gasteiger partial charge in [-0.05, 0) is 36.1 Å². The third-order valence-corrected chi connectivity index (χ3v) is 3.65. The molecule has 3 heteroatoms. The molecule has 1 rings (SSSR count). The summed E-state index contributed by atoms with van der Waals surface area (Å²) in [5, 5.41) is 2.98. The summed E-state index contributed by atoms with van der Waals surface area (Å²) >= 11 is 0. The second-order valence-corrected chi connectivity index (χ2v) is 5.27. The van der Waals surface area contributed by atoms with Crippen molar-refractivity contribution in [2.75, 3.05) is 13.7 Å². The summed E-state index contributed by atoms with van der Waals surface area (Å²) in [6.07, 6.45) is 8.16. The van der Waals surface area contributed by atoms with E-state index in [4.69, 9.17) is 4.74 Å². The Morgan fingerprint density at radius 1 is 1.29 bits per heavy atom. The maximum absolute atomic E-state index is 11.8. The van der Waals surface area contributed by atoms with Crippen LogP contribution in [0.4, 0.5) is 0 Å². The second kappa shape index (κ2) is 10.0. The van der Waals surface area contributed by atoms with Gasteiger partial charge in [-0.1, -0.05) is 45.2 Å². The van der Waals surface area contributed by atoms with Gasteiger partial charge in [0.25, 0.3) is 0 Å². The summed E-state index contributed by atoms with van der Waals surface area (Å²) in [6.45, 7) is 5.14. The van der Waals surface area contributed by atoms with E-state index in [1.807, 2.05) is 30.3 Å². The van der Waals surface area contributed by atoms with Crippen molar-refractivity contribution in [2.24, 2.45) is 5.92 Å². The van der Waals surface area contributed by atoms with Crippen LogP contribution in [0.2, 0.25) is 0 Å². The van der Waals surface area contributed by atoms with Crippen LogP contribution < -0.4 is 10.1 Å². The molecule has 0 aliphatic rings. The van der Waals surface area contributed by atoms with E-state index in [2.05, 4.69) is 19.2 Å². The monoisotopic (exact) mass is 289 g/mol. The first kappa shape index (κ1) is 17.3. The second-order valence-electron chi connectivity index (χ2n) is 5.27. The van der Waals surface area contributed by atoms with Gasteiger partial charge in [0.05, 0.1) is 7.11 Å². The lowest BCUT2D eigenvalue weighted by atomic mass is 9.99. The van der Waals surface area contributed by atoms with Gasteiger partial charge >= 0.3 is 0 Å². The number of amides is 1. The van der Waals surface area contributed by atoms with Crippen molar-refractivity contribution in [3.63, 3.8) is 0 Å². The Balaban J connectivity index is 2.39. The summed E-state index contributed by atoms with van der Waals surface area (Å²) in [4.78, 5) is 11.8. The van der Waals surface area contributed by atoms with Crippen LogP contribution in [-0.4, -0.2) is 19.6 Å². The Morgan fingerprint density at radius 3 is 2.57 bits per heavy atom. The number of carbonyl (C=O) groups excluding carboxylic acids is 1. The molecule has 116 valence electrons. The molecule has 0 radical (unpaired) electrons. The molecule has 0 heterocycles. The molecule has 0 bridgehead atoms. The molecule has 0 aromatic heterocycles. The van der Waals surface area contributed by atoms with Gasteiger partial charge < -0.3 is 10.1 Å². The average Bonchev–Trinajstić information content (AvgIpc) is 2.53. The highest BCUT2D eigenvalue weighted by Gasteiger charge is 2.06. The maximum atomic E-state index is 11.8. The topological polar surface area (TPSA) is 38.3 Å². The van der Waals surface area contributed by atoms with Crippen LogP contribution >= 0.6 is 0 Å². The zero-order chi connectivity index (χ0) is 15.5. The molecule has 3 nitrogen and oxygen atoms in total.